The first-order valence-corrected chi connectivity index (χ1v) is 9.86. The van der Waals surface area contributed by atoms with Crippen LogP contribution in [0.3, 0.4) is 0 Å². The third kappa shape index (κ3) is 4.83. The van der Waals surface area contributed by atoms with Crippen molar-refractivity contribution >= 4 is 35.0 Å². The van der Waals surface area contributed by atoms with Crippen molar-refractivity contribution in [2.45, 2.75) is 45.3 Å². The summed E-state index contributed by atoms with van der Waals surface area (Å²) in [6.07, 6.45) is -1.01. The average molecular weight is 422 g/mol. The second-order valence-electron chi connectivity index (χ2n) is 7.69. The van der Waals surface area contributed by atoms with Crippen LogP contribution < -0.4 is 15.5 Å². The molecule has 1 aliphatic heterocycles. The van der Waals surface area contributed by atoms with Crippen LogP contribution in [0.25, 0.3) is 5.57 Å². The molecule has 1 saturated carbocycles. The van der Waals surface area contributed by atoms with E-state index in [0.717, 1.165) is 12.8 Å². The number of allylic oxidation sites excluding steroid dienone is 1. The van der Waals surface area contributed by atoms with Gasteiger partial charge in [0.1, 0.15) is 0 Å². The number of alkyl halides is 3. The van der Waals surface area contributed by atoms with Crippen molar-refractivity contribution in [3.8, 4) is 0 Å². The van der Waals surface area contributed by atoms with Gasteiger partial charge in [-0.1, -0.05) is 6.07 Å². The van der Waals surface area contributed by atoms with Crippen LogP contribution in [0.5, 0.6) is 0 Å². The fourth-order valence-corrected chi connectivity index (χ4v) is 3.61. The average Bonchev–Trinajstić information content (AvgIpc) is 3.50. The summed E-state index contributed by atoms with van der Waals surface area (Å²) in [6.45, 7) is 3.36. The van der Waals surface area contributed by atoms with Gasteiger partial charge in [-0.3, -0.25) is 14.6 Å². The highest BCUT2D eigenvalue weighted by Gasteiger charge is 2.39. The van der Waals surface area contributed by atoms with E-state index >= 15 is 0 Å². The third-order valence-electron chi connectivity index (χ3n) is 5.21. The number of hydrogen-bond donors (Lipinski definition) is 1. The van der Waals surface area contributed by atoms with Gasteiger partial charge in [-0.25, -0.2) is 0 Å². The van der Waals surface area contributed by atoms with E-state index in [2.05, 4.69) is 4.99 Å². The highest BCUT2D eigenvalue weighted by molar-refractivity contribution is 6.11. The molecule has 30 heavy (non-hydrogen) atoms. The van der Waals surface area contributed by atoms with Gasteiger partial charge in [-0.2, -0.15) is 13.2 Å². The Labute approximate surface area is 173 Å². The third-order valence-corrected chi connectivity index (χ3v) is 5.21. The summed E-state index contributed by atoms with van der Waals surface area (Å²) in [4.78, 5) is 32.2. The molecule has 0 spiro atoms. The Morgan fingerprint density at radius 3 is 2.53 bits per heavy atom. The monoisotopic (exact) mass is 422 g/mol. The molecule has 1 aromatic carbocycles. The van der Waals surface area contributed by atoms with E-state index in [0.29, 0.717) is 29.1 Å². The summed E-state index contributed by atoms with van der Waals surface area (Å²) in [6, 6.07) is 5.03. The van der Waals surface area contributed by atoms with Gasteiger partial charge < -0.3 is 15.5 Å². The quantitative estimate of drug-likeness (QED) is 0.738. The molecule has 2 aliphatic rings. The van der Waals surface area contributed by atoms with Crippen LogP contribution >= 0.6 is 0 Å². The van der Waals surface area contributed by atoms with Gasteiger partial charge in [-0.05, 0) is 37.5 Å². The summed E-state index contributed by atoms with van der Waals surface area (Å²) in [5, 5.41) is 0. The lowest BCUT2D eigenvalue weighted by molar-refractivity contribution is -0.132. The number of rotatable bonds is 5. The Bertz CT molecular complexity index is 891. The lowest BCUT2D eigenvalue weighted by Crippen LogP contribution is -2.51. The molecule has 0 radical (unpaired) electrons. The molecule has 9 heteroatoms. The molecule has 2 amide bonds. The van der Waals surface area contributed by atoms with E-state index in [9.17, 15) is 22.8 Å². The van der Waals surface area contributed by atoms with Gasteiger partial charge >= 0.3 is 6.18 Å². The van der Waals surface area contributed by atoms with E-state index in [1.54, 1.807) is 28.0 Å². The highest BCUT2D eigenvalue weighted by atomic mass is 19.4. The van der Waals surface area contributed by atoms with Gasteiger partial charge in [0.25, 0.3) is 0 Å². The Morgan fingerprint density at radius 1 is 1.27 bits per heavy atom. The summed E-state index contributed by atoms with van der Waals surface area (Å²) in [5.41, 5.74) is 7.95. The van der Waals surface area contributed by atoms with Crippen molar-refractivity contribution in [3.63, 3.8) is 0 Å². The molecule has 1 aliphatic carbocycles. The maximum absolute atomic E-state index is 12.9. The Morgan fingerprint density at radius 2 is 1.97 bits per heavy atom. The van der Waals surface area contributed by atoms with Gasteiger partial charge in [0, 0.05) is 43.9 Å². The number of amides is 2. The second-order valence-corrected chi connectivity index (χ2v) is 7.69. The number of hydrogen-bond acceptors (Lipinski definition) is 4. The van der Waals surface area contributed by atoms with Crippen LogP contribution in [0, 0.1) is 5.92 Å². The summed E-state index contributed by atoms with van der Waals surface area (Å²) in [7, 11) is 0. The van der Waals surface area contributed by atoms with Crippen molar-refractivity contribution in [3.05, 3.63) is 30.0 Å². The molecule has 162 valence electrons. The fourth-order valence-electron chi connectivity index (χ4n) is 3.61. The number of carbonyl (C=O) groups excluding carboxylic acids is 2. The smallest absolute Gasteiger partial charge is 0.390 e. The number of aliphatic imine (C=N–C) groups is 1. The van der Waals surface area contributed by atoms with E-state index in [1.165, 1.54) is 19.3 Å². The predicted molar refractivity (Wildman–Crippen MR) is 110 cm³/mol. The number of nitrogens with two attached hydrogens (primary N) is 1. The number of carbonyl (C=O) groups is 2. The minimum Gasteiger partial charge on any atom is -0.404 e. The maximum Gasteiger partial charge on any atom is 0.390 e. The molecular formula is C21H25F3N4O2. The first-order valence-electron chi connectivity index (χ1n) is 9.86. The number of anilines is 2. The number of fused-ring (bicyclic) bond motifs is 1. The van der Waals surface area contributed by atoms with Crippen LogP contribution in [-0.2, 0) is 9.59 Å². The summed E-state index contributed by atoms with van der Waals surface area (Å²) < 4.78 is 36.9. The Balaban J connectivity index is 1.93. The zero-order chi connectivity index (χ0) is 22.1. The van der Waals surface area contributed by atoms with Crippen LogP contribution in [-0.4, -0.2) is 43.3 Å². The topological polar surface area (TPSA) is 79.0 Å². The standard InChI is InChI=1S/C21H25F3N4O2/c1-13-12-27(20(30)15-3-4-15)19-9-16(5-6-18(19)28(13)14(2)29)17(10-25)11-26-8-7-21(22,23)24/h5-6,9-11,13,15H,3-4,7-8,12,25H2,1-2H3/b17-10+,26-11?/t13-/m0/s1. The minimum absolute atomic E-state index is 0.00559. The SMILES string of the molecule is CC(=O)N1c2ccc(/C(C=NCCC(F)(F)F)=C/N)cc2N(C(=O)C2CC2)C[C@@H]1C. The van der Waals surface area contributed by atoms with Crippen LogP contribution in [0.2, 0.25) is 0 Å². The van der Waals surface area contributed by atoms with Crippen molar-refractivity contribution in [1.29, 1.82) is 0 Å². The molecular weight excluding hydrogens is 397 g/mol. The van der Waals surface area contributed by atoms with Crippen molar-refractivity contribution < 1.29 is 22.8 Å². The lowest BCUT2D eigenvalue weighted by Gasteiger charge is -2.41. The normalized spacial score (nSPS) is 19.9. The van der Waals surface area contributed by atoms with E-state index in [4.69, 9.17) is 5.73 Å². The number of halogens is 3. The van der Waals surface area contributed by atoms with Crippen LogP contribution in [0.15, 0.2) is 29.4 Å². The molecule has 1 aromatic rings. The molecule has 0 bridgehead atoms. The molecule has 6 nitrogen and oxygen atoms in total. The highest BCUT2D eigenvalue weighted by Crippen LogP contribution is 2.41. The fraction of sp³-hybridized carbons (Fsp3) is 0.476. The van der Waals surface area contributed by atoms with Gasteiger partial charge in [0.05, 0.1) is 23.8 Å². The Hall–Kier alpha value is -2.84. The van der Waals surface area contributed by atoms with Crippen LogP contribution in [0.4, 0.5) is 24.5 Å². The molecule has 1 fully saturated rings. The molecule has 0 aromatic heterocycles. The zero-order valence-electron chi connectivity index (χ0n) is 16.9. The molecule has 2 N–H and O–H groups in total. The lowest BCUT2D eigenvalue weighted by atomic mass is 10.0. The minimum atomic E-state index is -4.27. The second kappa shape index (κ2) is 8.49. The van der Waals surface area contributed by atoms with E-state index in [1.807, 2.05) is 6.92 Å². The molecule has 1 atom stereocenters. The summed E-state index contributed by atoms with van der Waals surface area (Å²) in [5.74, 6) is -0.0927. The predicted octanol–water partition coefficient (Wildman–Crippen LogP) is 3.51. The van der Waals surface area contributed by atoms with E-state index in [-0.39, 0.29) is 23.8 Å². The molecule has 0 unspecified atom stereocenters. The molecule has 3 rings (SSSR count). The number of benzene rings is 1. The summed E-state index contributed by atoms with van der Waals surface area (Å²) >= 11 is 0. The van der Waals surface area contributed by atoms with Crippen LogP contribution in [0.1, 0.15) is 38.7 Å². The first-order chi connectivity index (χ1) is 14.1. The first kappa shape index (κ1) is 21.9. The van der Waals surface area contributed by atoms with Crippen molar-refractivity contribution in [2.75, 3.05) is 22.9 Å². The van der Waals surface area contributed by atoms with Gasteiger partial charge in [0.15, 0.2) is 0 Å². The molecule has 1 heterocycles. The Kier molecular flexibility index (Phi) is 6.19. The van der Waals surface area contributed by atoms with Gasteiger partial charge in [0.2, 0.25) is 11.8 Å². The largest absolute Gasteiger partial charge is 0.404 e. The maximum atomic E-state index is 12.9. The van der Waals surface area contributed by atoms with Crippen molar-refractivity contribution in [2.24, 2.45) is 16.6 Å². The zero-order valence-corrected chi connectivity index (χ0v) is 16.9. The van der Waals surface area contributed by atoms with Crippen molar-refractivity contribution in [1.82, 2.24) is 0 Å². The number of nitrogens with zero attached hydrogens (tertiary/aromatic N) is 3. The molecule has 0 saturated heterocycles. The van der Waals surface area contributed by atoms with E-state index < -0.39 is 19.1 Å². The van der Waals surface area contributed by atoms with Gasteiger partial charge in [-0.15, -0.1) is 0 Å².